The molecule has 6 heteroatoms. The van der Waals surface area contributed by atoms with Crippen molar-refractivity contribution in [1.82, 2.24) is 15.1 Å². The van der Waals surface area contributed by atoms with Crippen molar-refractivity contribution in [3.05, 3.63) is 64.4 Å². The Morgan fingerprint density at radius 1 is 1.38 bits per heavy atom. The van der Waals surface area contributed by atoms with Crippen LogP contribution in [0.5, 0.6) is 5.75 Å². The number of fused-ring (bicyclic) bond motifs is 3. The molecule has 1 N–H and O–H groups in total. The Balaban J connectivity index is 1.59. The van der Waals surface area contributed by atoms with Crippen LogP contribution in [0.2, 0.25) is 5.02 Å². The van der Waals surface area contributed by atoms with E-state index in [-0.39, 0.29) is 0 Å². The van der Waals surface area contributed by atoms with Gasteiger partial charge in [0.2, 0.25) is 0 Å². The largest absolute Gasteiger partial charge is 0.480 e. The molecule has 1 aromatic carbocycles. The summed E-state index contributed by atoms with van der Waals surface area (Å²) in [6.45, 7) is 2.65. The predicted octanol–water partition coefficient (Wildman–Crippen LogP) is 3.63. The van der Waals surface area contributed by atoms with Crippen LogP contribution in [-0.2, 0) is 6.42 Å². The van der Waals surface area contributed by atoms with E-state index in [9.17, 15) is 0 Å². The molecule has 3 aliphatic rings. The van der Waals surface area contributed by atoms with Gasteiger partial charge in [-0.2, -0.15) is 0 Å². The van der Waals surface area contributed by atoms with Gasteiger partial charge >= 0.3 is 0 Å². The Hall–Kier alpha value is -2.24. The van der Waals surface area contributed by atoms with Gasteiger partial charge in [0.15, 0.2) is 11.6 Å². The molecule has 0 fully saturated rings. The van der Waals surface area contributed by atoms with Crippen molar-refractivity contribution < 1.29 is 4.74 Å². The van der Waals surface area contributed by atoms with Gasteiger partial charge in [0, 0.05) is 36.8 Å². The molecule has 0 bridgehead atoms. The number of nitrogens with zero attached hydrogens (tertiary/aromatic N) is 3. The first-order chi connectivity index (χ1) is 14.0. The Bertz CT molecular complexity index is 902. The summed E-state index contributed by atoms with van der Waals surface area (Å²) in [4.78, 5) is 8.96. The van der Waals surface area contributed by atoms with E-state index < -0.39 is 5.60 Å². The highest BCUT2D eigenvalue weighted by molar-refractivity contribution is 6.30. The lowest BCUT2D eigenvalue weighted by atomic mass is 9.79. The van der Waals surface area contributed by atoms with Crippen LogP contribution in [0.1, 0.15) is 18.4 Å². The molecule has 1 aromatic rings. The molecule has 0 saturated heterocycles. The maximum absolute atomic E-state index is 6.61. The third-order valence-corrected chi connectivity index (χ3v) is 5.91. The quantitative estimate of drug-likeness (QED) is 0.465. The fourth-order valence-corrected chi connectivity index (χ4v) is 4.50. The number of allylic oxidation sites excluding steroid dienone is 3. The zero-order chi connectivity index (χ0) is 20.4. The van der Waals surface area contributed by atoms with E-state index in [1.54, 1.807) is 0 Å². The number of nitrogens with one attached hydrogen (secondary N) is 1. The summed E-state index contributed by atoms with van der Waals surface area (Å²) in [5, 5.41) is 4.23. The second kappa shape index (κ2) is 8.25. The number of hydrogen-bond donors (Lipinski definition) is 1. The van der Waals surface area contributed by atoms with Gasteiger partial charge in [0.05, 0.1) is 6.54 Å². The molecule has 0 radical (unpaired) electrons. The third-order valence-electron chi connectivity index (χ3n) is 5.67. The Morgan fingerprint density at radius 2 is 2.24 bits per heavy atom. The minimum atomic E-state index is -0.414. The van der Waals surface area contributed by atoms with Gasteiger partial charge in [-0.25, -0.2) is 0 Å². The number of halogens is 1. The van der Waals surface area contributed by atoms with E-state index in [0.29, 0.717) is 5.02 Å². The van der Waals surface area contributed by atoms with Crippen molar-refractivity contribution >= 4 is 17.6 Å². The Kier molecular flexibility index (Phi) is 5.70. The van der Waals surface area contributed by atoms with Crippen LogP contribution in [0.3, 0.4) is 0 Å². The number of hydrogen-bond acceptors (Lipinski definition) is 3. The molecule has 154 valence electrons. The highest BCUT2D eigenvalue weighted by Crippen LogP contribution is 2.46. The molecule has 2 aliphatic heterocycles. The van der Waals surface area contributed by atoms with Crippen LogP contribution >= 0.6 is 11.6 Å². The first-order valence-corrected chi connectivity index (χ1v) is 10.6. The minimum absolute atomic E-state index is 0.414. The summed E-state index contributed by atoms with van der Waals surface area (Å²) in [6, 6.07) is 5.96. The molecule has 5 nitrogen and oxygen atoms in total. The van der Waals surface area contributed by atoms with Gasteiger partial charge in [-0.1, -0.05) is 35.9 Å². The summed E-state index contributed by atoms with van der Waals surface area (Å²) in [6.07, 6.45) is 11.6. The van der Waals surface area contributed by atoms with Crippen molar-refractivity contribution in [3.63, 3.8) is 0 Å². The van der Waals surface area contributed by atoms with E-state index >= 15 is 0 Å². The normalized spacial score (nSPS) is 22.9. The summed E-state index contributed by atoms with van der Waals surface area (Å²) in [5.74, 6) is 1.78. The van der Waals surface area contributed by atoms with Crippen molar-refractivity contribution in [2.75, 3.05) is 40.8 Å². The van der Waals surface area contributed by atoms with Crippen LogP contribution in [-0.4, -0.2) is 62.1 Å². The third kappa shape index (κ3) is 4.07. The molecule has 29 heavy (non-hydrogen) atoms. The van der Waals surface area contributed by atoms with Crippen LogP contribution in [0, 0.1) is 0 Å². The van der Waals surface area contributed by atoms with Crippen LogP contribution in [0.25, 0.3) is 0 Å². The number of ether oxygens (including phenoxy) is 1. The van der Waals surface area contributed by atoms with E-state index in [1.807, 2.05) is 19.2 Å². The molecular formula is C23H29ClN4O. The number of rotatable bonds is 4. The average molecular weight is 413 g/mol. The van der Waals surface area contributed by atoms with Crippen molar-refractivity contribution in [1.29, 1.82) is 0 Å². The van der Waals surface area contributed by atoms with E-state index in [2.05, 4.69) is 64.7 Å². The Morgan fingerprint density at radius 3 is 3.03 bits per heavy atom. The van der Waals surface area contributed by atoms with E-state index in [4.69, 9.17) is 16.3 Å². The summed E-state index contributed by atoms with van der Waals surface area (Å²) < 4.78 is 6.61. The van der Waals surface area contributed by atoms with Gasteiger partial charge in [-0.15, -0.1) is 0 Å². The van der Waals surface area contributed by atoms with Gasteiger partial charge in [-0.05, 0) is 56.8 Å². The molecule has 0 aromatic heterocycles. The standard InChI is InChI=1S/C23H29ClN4O/c1-25-22(26-11-6-12-27(2)3)28-15-18-7-4-5-8-20(18)23(16-28)14-17-9-10-19(24)13-21(17)29-23/h4-5,8-10,13,15H,6-7,11-12,14,16H2,1-3H3,(H,25,26). The monoisotopic (exact) mass is 412 g/mol. The van der Waals surface area contributed by atoms with E-state index in [1.165, 1.54) is 16.7 Å². The zero-order valence-electron chi connectivity index (χ0n) is 17.4. The lowest BCUT2D eigenvalue weighted by Gasteiger charge is -2.42. The zero-order valence-corrected chi connectivity index (χ0v) is 18.2. The molecule has 1 spiro atoms. The SMILES string of the molecule is CN=C(NCCCN(C)C)N1C=C2CC=CC=C2C2(Cc3ccc(Cl)cc3O2)C1. The number of aliphatic imine (C=N–C) groups is 1. The van der Waals surface area contributed by atoms with Gasteiger partial charge in [-0.3, -0.25) is 4.99 Å². The molecule has 4 rings (SSSR count). The van der Waals surface area contributed by atoms with Crippen LogP contribution in [0.15, 0.2) is 58.8 Å². The van der Waals surface area contributed by atoms with Crippen molar-refractivity contribution in [2.45, 2.75) is 24.9 Å². The second-order valence-corrected chi connectivity index (χ2v) is 8.59. The molecule has 0 saturated carbocycles. The van der Waals surface area contributed by atoms with Crippen molar-refractivity contribution in [2.24, 2.45) is 4.99 Å². The second-order valence-electron chi connectivity index (χ2n) is 8.15. The fourth-order valence-electron chi connectivity index (χ4n) is 4.34. The average Bonchev–Trinajstić information content (AvgIpc) is 3.05. The maximum Gasteiger partial charge on any atom is 0.197 e. The molecule has 1 unspecified atom stereocenters. The number of benzene rings is 1. The van der Waals surface area contributed by atoms with Gasteiger partial charge < -0.3 is 19.9 Å². The predicted molar refractivity (Wildman–Crippen MR) is 120 cm³/mol. The van der Waals surface area contributed by atoms with Crippen LogP contribution in [0.4, 0.5) is 0 Å². The maximum atomic E-state index is 6.61. The highest BCUT2D eigenvalue weighted by atomic mass is 35.5. The van der Waals surface area contributed by atoms with Gasteiger partial charge in [0.25, 0.3) is 0 Å². The van der Waals surface area contributed by atoms with E-state index in [0.717, 1.165) is 50.6 Å². The molecule has 1 atom stereocenters. The first kappa shape index (κ1) is 20.0. The number of guanidine groups is 1. The fraction of sp³-hybridized carbons (Fsp3) is 0.435. The van der Waals surface area contributed by atoms with Crippen LogP contribution < -0.4 is 10.1 Å². The molecule has 0 amide bonds. The summed E-state index contributed by atoms with van der Waals surface area (Å²) >= 11 is 6.22. The summed E-state index contributed by atoms with van der Waals surface area (Å²) in [5.41, 5.74) is 3.35. The molecule has 2 heterocycles. The first-order valence-electron chi connectivity index (χ1n) is 10.2. The molecular weight excluding hydrogens is 384 g/mol. The summed E-state index contributed by atoms with van der Waals surface area (Å²) in [7, 11) is 6.04. The smallest absolute Gasteiger partial charge is 0.197 e. The highest BCUT2D eigenvalue weighted by Gasteiger charge is 2.48. The topological polar surface area (TPSA) is 40.1 Å². The van der Waals surface area contributed by atoms with Gasteiger partial charge in [0.1, 0.15) is 5.75 Å². The Labute approximate surface area is 178 Å². The minimum Gasteiger partial charge on any atom is -0.480 e. The lowest BCUT2D eigenvalue weighted by molar-refractivity contribution is 0.109. The molecule has 1 aliphatic carbocycles. The lowest BCUT2D eigenvalue weighted by Crippen LogP contribution is -2.54. The van der Waals surface area contributed by atoms with Crippen molar-refractivity contribution in [3.8, 4) is 5.75 Å².